The molecule has 7 nitrogen and oxygen atoms in total. The van der Waals surface area contributed by atoms with Crippen LogP contribution in [0.1, 0.15) is 66.3 Å². The van der Waals surface area contributed by atoms with Crippen molar-refractivity contribution in [3.8, 4) is 11.5 Å². The maximum absolute atomic E-state index is 13.0. The van der Waals surface area contributed by atoms with Crippen LogP contribution < -0.4 is 14.8 Å². The molecule has 32 heavy (non-hydrogen) atoms. The monoisotopic (exact) mass is 437 g/mol. The molecule has 2 aliphatic heterocycles. The first-order valence-electron chi connectivity index (χ1n) is 11.3. The van der Waals surface area contributed by atoms with Gasteiger partial charge in [-0.05, 0) is 55.5 Å². The molecule has 1 fully saturated rings. The predicted molar refractivity (Wildman–Crippen MR) is 121 cm³/mol. The van der Waals surface area contributed by atoms with Gasteiger partial charge in [0.15, 0.2) is 11.5 Å². The summed E-state index contributed by atoms with van der Waals surface area (Å²) in [5.74, 6) is 2.04. The molecule has 0 spiro atoms. The Bertz CT molecular complexity index is 997. The molecule has 2 aromatic rings. The fourth-order valence-electron chi connectivity index (χ4n) is 4.29. The molecular weight excluding hydrogens is 406 g/mol. The van der Waals surface area contributed by atoms with Gasteiger partial charge in [0.2, 0.25) is 12.7 Å². The fraction of sp³-hybridized carbons (Fsp3) is 0.480. The predicted octanol–water partition coefficient (Wildman–Crippen LogP) is 3.80. The topological polar surface area (TPSA) is 80.8 Å². The smallest absolute Gasteiger partial charge is 0.253 e. The van der Waals surface area contributed by atoms with Crippen LogP contribution in [0.2, 0.25) is 0 Å². The van der Waals surface area contributed by atoms with E-state index >= 15 is 0 Å². The lowest BCUT2D eigenvalue weighted by Crippen LogP contribution is -2.39. The number of aryl methyl sites for hydroxylation is 1. The van der Waals surface area contributed by atoms with Gasteiger partial charge < -0.3 is 19.7 Å². The number of piperidine rings is 1. The van der Waals surface area contributed by atoms with Gasteiger partial charge in [-0.1, -0.05) is 19.9 Å². The Morgan fingerprint density at radius 1 is 1.12 bits per heavy atom. The molecule has 1 saturated heterocycles. The Hall–Kier alpha value is -3.09. The SMILES string of the molecule is Cc1ccc(C(=O)NCc2ccc3c(c2)OCO3)c(C2CCN(C(=O)CC(C)C)CC2)n1. The second-order valence-corrected chi connectivity index (χ2v) is 9.01. The number of likely N-dealkylation sites (tertiary alicyclic amines) is 1. The van der Waals surface area contributed by atoms with Crippen molar-refractivity contribution in [2.24, 2.45) is 5.92 Å². The molecule has 3 heterocycles. The van der Waals surface area contributed by atoms with Crippen LogP contribution in [0.4, 0.5) is 0 Å². The van der Waals surface area contributed by atoms with Crippen molar-refractivity contribution in [2.45, 2.75) is 52.5 Å². The van der Waals surface area contributed by atoms with Crippen LogP contribution in [0.5, 0.6) is 11.5 Å². The van der Waals surface area contributed by atoms with Crippen molar-refractivity contribution in [3.05, 3.63) is 52.8 Å². The lowest BCUT2D eigenvalue weighted by Gasteiger charge is -2.33. The van der Waals surface area contributed by atoms with E-state index in [2.05, 4.69) is 19.2 Å². The molecule has 0 aliphatic carbocycles. The van der Waals surface area contributed by atoms with E-state index in [-0.39, 0.29) is 24.5 Å². The molecule has 1 aromatic heterocycles. The summed E-state index contributed by atoms with van der Waals surface area (Å²) < 4.78 is 10.8. The summed E-state index contributed by atoms with van der Waals surface area (Å²) in [4.78, 5) is 32.1. The van der Waals surface area contributed by atoms with E-state index in [0.717, 1.165) is 35.5 Å². The first-order valence-corrected chi connectivity index (χ1v) is 11.3. The summed E-state index contributed by atoms with van der Waals surface area (Å²) in [5.41, 5.74) is 3.29. The van der Waals surface area contributed by atoms with Crippen LogP contribution in [0, 0.1) is 12.8 Å². The van der Waals surface area contributed by atoms with Gasteiger partial charge in [0.1, 0.15) is 0 Å². The first kappa shape index (κ1) is 22.1. The molecule has 2 aliphatic rings. The first-order chi connectivity index (χ1) is 15.4. The molecule has 2 amide bonds. The summed E-state index contributed by atoms with van der Waals surface area (Å²) in [6.45, 7) is 8.12. The molecule has 0 saturated carbocycles. The number of benzene rings is 1. The van der Waals surface area contributed by atoms with E-state index in [1.165, 1.54) is 0 Å². The molecular formula is C25H31N3O4. The van der Waals surface area contributed by atoms with Gasteiger partial charge in [-0.3, -0.25) is 14.6 Å². The van der Waals surface area contributed by atoms with E-state index in [0.29, 0.717) is 43.3 Å². The minimum Gasteiger partial charge on any atom is -0.454 e. The number of aromatic nitrogens is 1. The standard InChI is InChI=1S/C25H31N3O4/c1-16(2)12-23(29)28-10-8-19(9-11-28)24-20(6-4-17(3)27-24)25(30)26-14-18-5-7-21-22(13-18)32-15-31-21/h4-7,13,16,19H,8-12,14-15H2,1-3H3,(H,26,30). The number of carbonyl (C=O) groups excluding carboxylic acids is 2. The highest BCUT2D eigenvalue weighted by atomic mass is 16.7. The summed E-state index contributed by atoms with van der Waals surface area (Å²) in [6.07, 6.45) is 2.23. The average Bonchev–Trinajstić information content (AvgIpc) is 3.25. The number of rotatable bonds is 6. The van der Waals surface area contributed by atoms with Crippen LogP contribution in [0.25, 0.3) is 0 Å². The number of nitrogens with zero attached hydrogens (tertiary/aromatic N) is 2. The third kappa shape index (κ3) is 5.03. The molecule has 7 heteroatoms. The number of fused-ring (bicyclic) bond motifs is 1. The van der Waals surface area contributed by atoms with E-state index in [1.807, 2.05) is 42.2 Å². The summed E-state index contributed by atoms with van der Waals surface area (Å²) in [7, 11) is 0. The molecule has 170 valence electrons. The van der Waals surface area contributed by atoms with E-state index in [1.54, 1.807) is 0 Å². The van der Waals surface area contributed by atoms with Crippen LogP contribution >= 0.6 is 0 Å². The summed E-state index contributed by atoms with van der Waals surface area (Å²) in [6, 6.07) is 9.41. The maximum atomic E-state index is 13.0. The summed E-state index contributed by atoms with van der Waals surface area (Å²) >= 11 is 0. The average molecular weight is 438 g/mol. The van der Waals surface area contributed by atoms with Gasteiger partial charge in [-0.2, -0.15) is 0 Å². The zero-order valence-electron chi connectivity index (χ0n) is 19.0. The third-order valence-electron chi connectivity index (χ3n) is 6.02. The minimum absolute atomic E-state index is 0.136. The Labute approximate surface area is 189 Å². The number of pyridine rings is 1. The van der Waals surface area contributed by atoms with Crippen molar-refractivity contribution in [1.82, 2.24) is 15.2 Å². The quantitative estimate of drug-likeness (QED) is 0.744. The van der Waals surface area contributed by atoms with Gasteiger partial charge in [0.05, 0.1) is 11.3 Å². The van der Waals surface area contributed by atoms with Gasteiger partial charge in [0.25, 0.3) is 5.91 Å². The van der Waals surface area contributed by atoms with Crippen molar-refractivity contribution in [2.75, 3.05) is 19.9 Å². The van der Waals surface area contributed by atoms with Crippen molar-refractivity contribution >= 4 is 11.8 Å². The number of carbonyl (C=O) groups is 2. The van der Waals surface area contributed by atoms with E-state index in [4.69, 9.17) is 14.5 Å². The van der Waals surface area contributed by atoms with Crippen LogP contribution in [-0.4, -0.2) is 41.6 Å². The highest BCUT2D eigenvalue weighted by Gasteiger charge is 2.28. The third-order valence-corrected chi connectivity index (χ3v) is 6.02. The van der Waals surface area contributed by atoms with Crippen molar-refractivity contribution in [3.63, 3.8) is 0 Å². The lowest BCUT2D eigenvalue weighted by molar-refractivity contribution is -0.133. The Balaban J connectivity index is 1.42. The fourth-order valence-corrected chi connectivity index (χ4v) is 4.29. The molecule has 0 radical (unpaired) electrons. The van der Waals surface area contributed by atoms with Crippen molar-refractivity contribution < 1.29 is 19.1 Å². The molecule has 4 rings (SSSR count). The number of amides is 2. The Morgan fingerprint density at radius 3 is 2.62 bits per heavy atom. The number of hydrogen-bond donors (Lipinski definition) is 1. The maximum Gasteiger partial charge on any atom is 0.253 e. The zero-order chi connectivity index (χ0) is 22.7. The van der Waals surface area contributed by atoms with Gasteiger partial charge in [-0.25, -0.2) is 0 Å². The lowest BCUT2D eigenvalue weighted by atomic mass is 9.89. The zero-order valence-corrected chi connectivity index (χ0v) is 19.0. The highest BCUT2D eigenvalue weighted by Crippen LogP contribution is 2.33. The van der Waals surface area contributed by atoms with Crippen LogP contribution in [0.3, 0.4) is 0 Å². The van der Waals surface area contributed by atoms with Crippen LogP contribution in [-0.2, 0) is 11.3 Å². The van der Waals surface area contributed by atoms with Crippen molar-refractivity contribution in [1.29, 1.82) is 0 Å². The normalized spacial score (nSPS) is 15.8. The molecule has 0 bridgehead atoms. The number of nitrogens with one attached hydrogen (secondary N) is 1. The highest BCUT2D eigenvalue weighted by molar-refractivity contribution is 5.95. The molecule has 0 unspecified atom stereocenters. The molecule has 1 aromatic carbocycles. The molecule has 0 atom stereocenters. The van der Waals surface area contributed by atoms with E-state index in [9.17, 15) is 9.59 Å². The number of ether oxygens (including phenoxy) is 2. The van der Waals surface area contributed by atoms with E-state index < -0.39 is 0 Å². The van der Waals surface area contributed by atoms with Gasteiger partial charge in [0, 0.05) is 37.7 Å². The summed E-state index contributed by atoms with van der Waals surface area (Å²) in [5, 5.41) is 3.01. The second-order valence-electron chi connectivity index (χ2n) is 9.01. The van der Waals surface area contributed by atoms with Crippen LogP contribution in [0.15, 0.2) is 30.3 Å². The minimum atomic E-state index is -0.136. The Kier molecular flexibility index (Phi) is 6.63. The molecule has 1 N–H and O–H groups in total. The van der Waals surface area contributed by atoms with Gasteiger partial charge in [-0.15, -0.1) is 0 Å². The van der Waals surface area contributed by atoms with Gasteiger partial charge >= 0.3 is 0 Å². The largest absolute Gasteiger partial charge is 0.454 e. The Morgan fingerprint density at radius 2 is 1.88 bits per heavy atom. The second kappa shape index (κ2) is 9.59. The number of hydrogen-bond acceptors (Lipinski definition) is 5.